The van der Waals surface area contributed by atoms with Gasteiger partial charge in [-0.15, -0.1) is 0 Å². The smallest absolute Gasteiger partial charge is 0.307 e. The van der Waals surface area contributed by atoms with E-state index in [-0.39, 0.29) is 33.1 Å². The second-order valence-corrected chi connectivity index (χ2v) is 22.1. The van der Waals surface area contributed by atoms with E-state index in [1.54, 1.807) is 4.57 Å². The Morgan fingerprint density at radius 2 is 0.632 bits per heavy atom. The highest BCUT2D eigenvalue weighted by atomic mass is 19.4. The predicted octanol–water partition coefficient (Wildman–Crippen LogP) is 20.7. The Bertz CT molecular complexity index is 5720. The molecule has 6 nitrogen and oxygen atoms in total. The van der Waals surface area contributed by atoms with Crippen molar-refractivity contribution in [3.05, 3.63) is 271 Å². The molecule has 414 valence electrons. The molecule has 0 bridgehead atoms. The van der Waals surface area contributed by atoms with Crippen molar-refractivity contribution < 1.29 is 26.3 Å². The highest BCUT2D eigenvalue weighted by molar-refractivity contribution is 6.26. The third-order valence-electron chi connectivity index (χ3n) is 17.5. The van der Waals surface area contributed by atoms with Gasteiger partial charge in [-0.2, -0.15) is 31.6 Å². The minimum atomic E-state index is -4.85. The van der Waals surface area contributed by atoms with Crippen LogP contribution in [0.3, 0.4) is 0 Å². The van der Waals surface area contributed by atoms with Gasteiger partial charge >= 0.3 is 12.4 Å². The molecule has 17 aromatic rings. The predicted molar refractivity (Wildman–Crippen MR) is 338 cm³/mol. The Morgan fingerprint density at radius 1 is 0.287 bits per heavy atom. The molecule has 0 N–H and O–H groups in total. The van der Waals surface area contributed by atoms with Crippen molar-refractivity contribution in [1.29, 1.82) is 5.26 Å². The number of aromatic nitrogens is 5. The van der Waals surface area contributed by atoms with E-state index < -0.39 is 23.5 Å². The van der Waals surface area contributed by atoms with Gasteiger partial charge in [0.05, 0.1) is 88.9 Å². The molecule has 0 saturated heterocycles. The van der Waals surface area contributed by atoms with Gasteiger partial charge in [0, 0.05) is 70.8 Å². The van der Waals surface area contributed by atoms with E-state index in [1.165, 1.54) is 12.1 Å². The molecule has 0 fully saturated rings. The molecule has 0 amide bonds. The number of nitrogens with zero attached hydrogens (tertiary/aromatic N) is 6. The summed E-state index contributed by atoms with van der Waals surface area (Å²) in [4.78, 5) is 0. The Labute approximate surface area is 490 Å². The van der Waals surface area contributed by atoms with Crippen LogP contribution in [-0.2, 0) is 12.4 Å². The second-order valence-electron chi connectivity index (χ2n) is 22.1. The molecule has 5 aromatic heterocycles. The maximum absolute atomic E-state index is 15.0. The first-order valence-corrected chi connectivity index (χ1v) is 28.4. The number of halogens is 6. The average molecular weight is 1140 g/mol. The Morgan fingerprint density at radius 3 is 1.05 bits per heavy atom. The fourth-order valence-corrected chi connectivity index (χ4v) is 14.0. The molecule has 12 aromatic carbocycles. The van der Waals surface area contributed by atoms with Gasteiger partial charge in [0.15, 0.2) is 0 Å². The maximum Gasteiger partial charge on any atom is 0.416 e. The van der Waals surface area contributed by atoms with E-state index in [0.717, 1.165) is 128 Å². The minimum Gasteiger partial charge on any atom is -0.307 e. The van der Waals surface area contributed by atoms with Crippen LogP contribution < -0.4 is 0 Å². The van der Waals surface area contributed by atoms with Crippen LogP contribution in [0, 0.1) is 11.3 Å². The van der Waals surface area contributed by atoms with Gasteiger partial charge < -0.3 is 22.8 Å². The van der Waals surface area contributed by atoms with E-state index in [1.807, 2.05) is 127 Å². The van der Waals surface area contributed by atoms with Gasteiger partial charge in [0.1, 0.15) is 6.07 Å². The quantitative estimate of drug-likeness (QED) is 0.153. The number of fused-ring (bicyclic) bond motifs is 17. The Hall–Kier alpha value is -11.3. The van der Waals surface area contributed by atoms with E-state index >= 15 is 26.3 Å². The second kappa shape index (κ2) is 18.4. The Balaban J connectivity index is 1.17. The molecular weight excluding hydrogens is 1100 g/mol. The van der Waals surface area contributed by atoms with E-state index in [9.17, 15) is 5.26 Å². The van der Waals surface area contributed by atoms with Gasteiger partial charge in [-0.05, 0) is 96.6 Å². The zero-order valence-corrected chi connectivity index (χ0v) is 45.7. The molecule has 0 aliphatic carbocycles. The largest absolute Gasteiger partial charge is 0.416 e. The van der Waals surface area contributed by atoms with Crippen LogP contribution in [0.4, 0.5) is 26.3 Å². The summed E-state index contributed by atoms with van der Waals surface area (Å²) in [6, 6.07) is 82.5. The van der Waals surface area contributed by atoms with Crippen molar-refractivity contribution in [2.24, 2.45) is 0 Å². The number of hydrogen-bond donors (Lipinski definition) is 0. The zero-order chi connectivity index (χ0) is 58.6. The number of alkyl halides is 6. The van der Waals surface area contributed by atoms with Gasteiger partial charge in [-0.25, -0.2) is 0 Å². The monoisotopic (exact) mass is 1140 g/mol. The molecule has 87 heavy (non-hydrogen) atoms. The third kappa shape index (κ3) is 7.17. The lowest BCUT2D eigenvalue weighted by molar-refractivity contribution is -0.138. The summed E-state index contributed by atoms with van der Waals surface area (Å²) in [7, 11) is 0. The summed E-state index contributed by atoms with van der Waals surface area (Å²) in [6.45, 7) is 0. The molecule has 0 aliphatic rings. The summed E-state index contributed by atoms with van der Waals surface area (Å²) in [5.74, 6) is 0. The molecule has 17 rings (SSSR count). The SMILES string of the molecule is N#Cc1cc(-n2c3ccccc3c3ccc4c5ccccc5n(-c5ccccc5)c4c32)c(-c2ccccc2)c(-n2c3ccccc3c3ccc4c5ccccc5n(-c5ccccc5)c4c32)c1-n1c2ccc(C(F)(F)F)cc2c2cc(C(F)(F)F)ccc21. The first-order valence-electron chi connectivity index (χ1n) is 28.4. The lowest BCUT2D eigenvalue weighted by atomic mass is 9.95. The van der Waals surface area contributed by atoms with E-state index in [0.29, 0.717) is 16.9 Å². The topological polar surface area (TPSA) is 48.4 Å². The molecule has 12 heteroatoms. The molecule has 0 unspecified atom stereocenters. The number of hydrogen-bond acceptors (Lipinski definition) is 1. The van der Waals surface area contributed by atoms with Crippen LogP contribution in [0.1, 0.15) is 16.7 Å². The minimum absolute atomic E-state index is 0.0709. The van der Waals surface area contributed by atoms with Crippen LogP contribution >= 0.6 is 0 Å². The summed E-state index contributed by atoms with van der Waals surface area (Å²) < 4.78 is 101. The van der Waals surface area contributed by atoms with Crippen LogP contribution in [0.15, 0.2) is 255 Å². The van der Waals surface area contributed by atoms with Crippen molar-refractivity contribution in [3.8, 4) is 45.6 Å². The number of nitriles is 1. The normalized spacial score (nSPS) is 12.5. The van der Waals surface area contributed by atoms with Crippen molar-refractivity contribution >= 4 is 109 Å². The average Bonchev–Trinajstić information content (AvgIpc) is 1.61. The Kier molecular flexibility index (Phi) is 10.6. The number of para-hydroxylation sites is 6. The van der Waals surface area contributed by atoms with Crippen LogP contribution in [0.5, 0.6) is 0 Å². The molecule has 0 saturated carbocycles. The number of benzene rings is 12. The highest BCUT2D eigenvalue weighted by Crippen LogP contribution is 2.52. The van der Waals surface area contributed by atoms with Crippen molar-refractivity contribution in [1.82, 2.24) is 22.8 Å². The lowest BCUT2D eigenvalue weighted by Crippen LogP contribution is -2.12. The van der Waals surface area contributed by atoms with Crippen molar-refractivity contribution in [2.75, 3.05) is 0 Å². The van der Waals surface area contributed by atoms with Crippen molar-refractivity contribution in [2.45, 2.75) is 12.4 Å². The van der Waals surface area contributed by atoms with Crippen LogP contribution in [0.25, 0.3) is 149 Å². The summed E-state index contributed by atoms with van der Waals surface area (Å²) >= 11 is 0. The fraction of sp³-hybridized carbons (Fsp3) is 0.0267. The maximum atomic E-state index is 15.0. The standard InChI is InChI=1S/C75H42F6N6/c76-74(77,78)46-32-38-64-58(41-46)59-42-47(75(79,80)81)33-39-65(59)85(64)68-45(43-82)40-66(86-62-30-16-12-26-52(62)56-36-34-54-50-24-10-14-28-60(50)83(69(54)71(56)86)48-20-6-2-7-21-48)67(44-18-4-1-5-19-44)73(68)87-63-31-17-13-27-53(63)57-37-35-55-51-25-11-15-29-61(51)84(70(55)72(57)87)49-22-8-3-9-23-49/h1-42H. The van der Waals surface area contributed by atoms with Gasteiger partial charge in [0.25, 0.3) is 0 Å². The third-order valence-corrected chi connectivity index (χ3v) is 17.5. The van der Waals surface area contributed by atoms with Crippen LogP contribution in [0.2, 0.25) is 0 Å². The summed E-state index contributed by atoms with van der Waals surface area (Å²) in [5, 5.41) is 19.8. The van der Waals surface area contributed by atoms with Crippen molar-refractivity contribution in [3.63, 3.8) is 0 Å². The first-order chi connectivity index (χ1) is 42.5. The molecule has 0 radical (unpaired) electrons. The van der Waals surface area contributed by atoms with Gasteiger partial charge in [-0.1, -0.05) is 164 Å². The summed E-state index contributed by atoms with van der Waals surface area (Å²) in [6.07, 6.45) is -9.69. The highest BCUT2D eigenvalue weighted by Gasteiger charge is 2.36. The molecule has 0 spiro atoms. The lowest BCUT2D eigenvalue weighted by Gasteiger charge is -2.26. The zero-order valence-electron chi connectivity index (χ0n) is 45.7. The number of rotatable bonds is 6. The van der Waals surface area contributed by atoms with Gasteiger partial charge in [-0.3, -0.25) is 0 Å². The van der Waals surface area contributed by atoms with Crippen LogP contribution in [-0.4, -0.2) is 22.8 Å². The first kappa shape index (κ1) is 50.2. The fourth-order valence-electron chi connectivity index (χ4n) is 14.0. The van der Waals surface area contributed by atoms with E-state index in [2.05, 4.69) is 115 Å². The summed E-state index contributed by atoms with van der Waals surface area (Å²) in [5.41, 5.74) is 9.65. The molecule has 0 atom stereocenters. The molecular formula is C75H42F6N6. The molecule has 0 aliphatic heterocycles. The molecule has 5 heterocycles. The van der Waals surface area contributed by atoms with Gasteiger partial charge in [0.2, 0.25) is 0 Å². The van der Waals surface area contributed by atoms with E-state index in [4.69, 9.17) is 0 Å².